The fourth-order valence-electron chi connectivity index (χ4n) is 2.01. The number of benzene rings is 1. The molecule has 0 bridgehead atoms. The fourth-order valence-corrected chi connectivity index (χ4v) is 2.01. The number of aromatic nitrogens is 3. The molecule has 122 valence electrons. The summed E-state index contributed by atoms with van der Waals surface area (Å²) in [5.41, 5.74) is -1.31. The van der Waals surface area contributed by atoms with Crippen molar-refractivity contribution >= 4 is 5.69 Å². The van der Waals surface area contributed by atoms with Crippen molar-refractivity contribution in [3.8, 4) is 22.9 Å². The molecule has 0 aliphatic rings. The number of pyridine rings is 1. The van der Waals surface area contributed by atoms with Gasteiger partial charge in [0.25, 0.3) is 5.69 Å². The Morgan fingerprint density at radius 3 is 2.58 bits per heavy atom. The number of halogens is 3. The number of alkyl halides is 3. The van der Waals surface area contributed by atoms with E-state index < -0.39 is 16.7 Å². The van der Waals surface area contributed by atoms with Gasteiger partial charge in [0.2, 0.25) is 11.8 Å². The van der Waals surface area contributed by atoms with Crippen molar-refractivity contribution in [1.82, 2.24) is 15.2 Å². The highest BCUT2D eigenvalue weighted by Gasteiger charge is 2.35. The van der Waals surface area contributed by atoms with Gasteiger partial charge < -0.3 is 4.42 Å². The number of nitro benzene ring substituents is 1. The molecule has 0 saturated carbocycles. The molecule has 10 heteroatoms. The maximum Gasteiger partial charge on any atom is 0.417 e. The zero-order valence-electron chi connectivity index (χ0n) is 11.7. The average molecular weight is 336 g/mol. The van der Waals surface area contributed by atoms with Crippen LogP contribution in [0.3, 0.4) is 0 Å². The van der Waals surface area contributed by atoms with E-state index in [2.05, 4.69) is 15.2 Å². The first kappa shape index (κ1) is 15.6. The fraction of sp³-hybridized carbons (Fsp3) is 0.0714. The summed E-state index contributed by atoms with van der Waals surface area (Å²) in [4.78, 5) is 13.8. The molecule has 1 aromatic carbocycles. The molecular weight excluding hydrogens is 329 g/mol. The van der Waals surface area contributed by atoms with E-state index in [0.717, 1.165) is 18.5 Å². The minimum absolute atomic E-state index is 0.134. The van der Waals surface area contributed by atoms with Crippen LogP contribution in [0, 0.1) is 10.1 Å². The lowest BCUT2D eigenvalue weighted by atomic mass is 10.1. The Hall–Kier alpha value is -3.30. The maximum absolute atomic E-state index is 13.0. The molecule has 0 atom stereocenters. The standard InChI is InChI=1S/C14H7F3N4O3/c15-14(16,17)11-4-5-18-7-10(11)13-20-19-12(24-13)8-2-1-3-9(6-8)21(22)23/h1-7H. The number of hydrogen-bond donors (Lipinski definition) is 0. The third-order valence-electron chi connectivity index (χ3n) is 3.09. The molecule has 3 rings (SSSR count). The molecule has 0 radical (unpaired) electrons. The highest BCUT2D eigenvalue weighted by Crippen LogP contribution is 2.36. The van der Waals surface area contributed by atoms with Crippen molar-refractivity contribution in [3.63, 3.8) is 0 Å². The van der Waals surface area contributed by atoms with Crippen LogP contribution in [0.25, 0.3) is 22.9 Å². The maximum atomic E-state index is 13.0. The molecule has 0 fully saturated rings. The van der Waals surface area contributed by atoms with Gasteiger partial charge in [-0.25, -0.2) is 0 Å². The predicted molar refractivity (Wildman–Crippen MR) is 74.6 cm³/mol. The summed E-state index contributed by atoms with van der Waals surface area (Å²) in [5, 5.41) is 18.0. The molecular formula is C14H7F3N4O3. The minimum Gasteiger partial charge on any atom is -0.416 e. The first-order valence-corrected chi connectivity index (χ1v) is 6.46. The Morgan fingerprint density at radius 1 is 1.12 bits per heavy atom. The van der Waals surface area contributed by atoms with Crippen molar-refractivity contribution in [1.29, 1.82) is 0 Å². The van der Waals surface area contributed by atoms with E-state index >= 15 is 0 Å². The zero-order valence-corrected chi connectivity index (χ0v) is 11.7. The van der Waals surface area contributed by atoms with Crippen molar-refractivity contribution in [2.45, 2.75) is 6.18 Å². The topological polar surface area (TPSA) is 95.0 Å². The third-order valence-corrected chi connectivity index (χ3v) is 3.09. The second-order valence-electron chi connectivity index (χ2n) is 4.64. The zero-order chi connectivity index (χ0) is 17.3. The number of rotatable bonds is 3. The Morgan fingerprint density at radius 2 is 1.88 bits per heavy atom. The van der Waals surface area contributed by atoms with Gasteiger partial charge in [0, 0.05) is 30.1 Å². The van der Waals surface area contributed by atoms with Crippen LogP contribution in [-0.4, -0.2) is 20.1 Å². The van der Waals surface area contributed by atoms with Gasteiger partial charge >= 0.3 is 6.18 Å². The molecule has 0 spiro atoms. The van der Waals surface area contributed by atoms with Gasteiger partial charge in [0.15, 0.2) is 0 Å². The van der Waals surface area contributed by atoms with Crippen LogP contribution in [0.1, 0.15) is 5.56 Å². The van der Waals surface area contributed by atoms with Gasteiger partial charge in [-0.3, -0.25) is 15.1 Å². The quantitative estimate of drug-likeness (QED) is 0.534. The van der Waals surface area contributed by atoms with E-state index in [0.29, 0.717) is 0 Å². The van der Waals surface area contributed by atoms with Crippen LogP contribution in [0.15, 0.2) is 47.1 Å². The molecule has 2 heterocycles. The van der Waals surface area contributed by atoms with Gasteiger partial charge in [-0.05, 0) is 12.1 Å². The monoisotopic (exact) mass is 336 g/mol. The normalized spacial score (nSPS) is 11.5. The van der Waals surface area contributed by atoms with Crippen LogP contribution in [0.5, 0.6) is 0 Å². The summed E-state index contributed by atoms with van der Waals surface area (Å²) in [7, 11) is 0. The molecule has 0 amide bonds. The second kappa shape index (κ2) is 5.72. The lowest BCUT2D eigenvalue weighted by Crippen LogP contribution is -2.07. The second-order valence-corrected chi connectivity index (χ2v) is 4.64. The van der Waals surface area contributed by atoms with E-state index in [4.69, 9.17) is 4.42 Å². The summed E-state index contributed by atoms with van der Waals surface area (Å²) in [5.74, 6) is -0.511. The average Bonchev–Trinajstić information content (AvgIpc) is 3.04. The number of nitro groups is 1. The van der Waals surface area contributed by atoms with Crippen molar-refractivity contribution in [2.75, 3.05) is 0 Å². The number of nitrogens with zero attached hydrogens (tertiary/aromatic N) is 4. The summed E-state index contributed by atoms with van der Waals surface area (Å²) in [6.07, 6.45) is -2.64. The van der Waals surface area contributed by atoms with E-state index in [1.165, 1.54) is 24.3 Å². The number of hydrogen-bond acceptors (Lipinski definition) is 6. The predicted octanol–water partition coefficient (Wildman–Crippen LogP) is 3.73. The molecule has 0 aliphatic heterocycles. The highest BCUT2D eigenvalue weighted by atomic mass is 19.4. The Balaban J connectivity index is 2.04. The van der Waals surface area contributed by atoms with E-state index in [1.807, 2.05) is 0 Å². The van der Waals surface area contributed by atoms with Gasteiger partial charge in [0.1, 0.15) is 0 Å². The van der Waals surface area contributed by atoms with Gasteiger partial charge in [-0.15, -0.1) is 10.2 Å². The molecule has 7 nitrogen and oxygen atoms in total. The highest BCUT2D eigenvalue weighted by molar-refractivity contribution is 5.62. The lowest BCUT2D eigenvalue weighted by Gasteiger charge is -2.08. The largest absolute Gasteiger partial charge is 0.417 e. The molecule has 0 N–H and O–H groups in total. The SMILES string of the molecule is O=[N+]([O-])c1cccc(-c2nnc(-c3cnccc3C(F)(F)F)o2)c1. The Kier molecular flexibility index (Phi) is 3.72. The summed E-state index contributed by atoms with van der Waals surface area (Å²) in [6, 6.07) is 6.13. The van der Waals surface area contributed by atoms with Crippen molar-refractivity contribution < 1.29 is 22.5 Å². The third kappa shape index (κ3) is 2.93. The minimum atomic E-state index is -4.61. The molecule has 24 heavy (non-hydrogen) atoms. The van der Waals surface area contributed by atoms with Gasteiger partial charge in [-0.2, -0.15) is 13.2 Å². The molecule has 2 aromatic heterocycles. The van der Waals surface area contributed by atoms with Gasteiger partial charge in [-0.1, -0.05) is 6.07 Å². The lowest BCUT2D eigenvalue weighted by molar-refractivity contribution is -0.384. The Labute approximate surface area is 131 Å². The molecule has 0 aliphatic carbocycles. The van der Waals surface area contributed by atoms with Gasteiger partial charge in [0.05, 0.1) is 16.1 Å². The summed E-state index contributed by atoms with van der Waals surface area (Å²) >= 11 is 0. The van der Waals surface area contributed by atoms with Crippen LogP contribution >= 0.6 is 0 Å². The Bertz CT molecular complexity index is 908. The first-order valence-electron chi connectivity index (χ1n) is 6.46. The van der Waals surface area contributed by atoms with Crippen molar-refractivity contribution in [3.05, 3.63) is 58.4 Å². The van der Waals surface area contributed by atoms with Crippen LogP contribution in [0.2, 0.25) is 0 Å². The van der Waals surface area contributed by atoms with E-state index in [1.54, 1.807) is 0 Å². The molecule has 0 saturated heterocycles. The summed E-state index contributed by atoms with van der Waals surface area (Å²) in [6.45, 7) is 0. The van der Waals surface area contributed by atoms with E-state index in [9.17, 15) is 23.3 Å². The molecule has 0 unspecified atom stereocenters. The summed E-state index contributed by atoms with van der Waals surface area (Å²) < 4.78 is 44.3. The van der Waals surface area contributed by atoms with Crippen LogP contribution in [-0.2, 0) is 6.18 Å². The van der Waals surface area contributed by atoms with E-state index in [-0.39, 0.29) is 28.6 Å². The number of non-ortho nitro benzene ring substituents is 1. The smallest absolute Gasteiger partial charge is 0.416 e. The van der Waals surface area contributed by atoms with Crippen LogP contribution in [0.4, 0.5) is 18.9 Å². The molecule has 3 aromatic rings. The van der Waals surface area contributed by atoms with Crippen LogP contribution < -0.4 is 0 Å². The first-order chi connectivity index (χ1) is 11.4. The van der Waals surface area contributed by atoms with Crippen molar-refractivity contribution in [2.24, 2.45) is 0 Å².